The molecule has 18 heavy (non-hydrogen) atoms. The minimum absolute atomic E-state index is 0.0943. The number of ether oxygens (including phenoxy) is 1. The fourth-order valence-corrected chi connectivity index (χ4v) is 1.41. The summed E-state index contributed by atoms with van der Waals surface area (Å²) in [6.45, 7) is 5.30. The Balaban J connectivity index is 2.75. The number of carbonyl (C=O) groups is 1. The highest BCUT2D eigenvalue weighted by Crippen LogP contribution is 2.28. The van der Waals surface area contributed by atoms with E-state index in [0.29, 0.717) is 23.9 Å². The van der Waals surface area contributed by atoms with Crippen molar-refractivity contribution in [2.75, 3.05) is 37.4 Å². The number of methoxy groups -OCH3 is 1. The van der Waals surface area contributed by atoms with Gasteiger partial charge in [-0.3, -0.25) is 4.79 Å². The highest BCUT2D eigenvalue weighted by atomic mass is 16.5. The van der Waals surface area contributed by atoms with E-state index in [4.69, 9.17) is 4.74 Å². The quantitative estimate of drug-likeness (QED) is 0.654. The monoisotopic (exact) mass is 253 g/mol. The molecule has 0 saturated heterocycles. The normalized spacial score (nSPS) is 9.72. The lowest BCUT2D eigenvalue weighted by atomic mass is 10.4. The van der Waals surface area contributed by atoms with E-state index >= 15 is 0 Å². The standard InChI is InChI=1S/C11H19N5O2/c1-4-12-8(17)6-14-11-9(18-3)10(13-5-2)15-7-16-11/h7H,4-6H2,1-3H3,(H,12,17)(H2,13,14,15,16). The van der Waals surface area contributed by atoms with Gasteiger partial charge < -0.3 is 20.7 Å². The number of amides is 1. The van der Waals surface area contributed by atoms with Gasteiger partial charge in [0.05, 0.1) is 13.7 Å². The van der Waals surface area contributed by atoms with Crippen LogP contribution in [0.3, 0.4) is 0 Å². The molecule has 0 saturated carbocycles. The molecule has 0 spiro atoms. The number of hydrogen-bond donors (Lipinski definition) is 3. The molecular formula is C11H19N5O2. The van der Waals surface area contributed by atoms with Crippen LogP contribution in [0.5, 0.6) is 5.75 Å². The molecule has 7 nitrogen and oxygen atoms in total. The van der Waals surface area contributed by atoms with Crippen molar-refractivity contribution in [3.05, 3.63) is 6.33 Å². The molecule has 0 atom stereocenters. The maximum absolute atomic E-state index is 11.4. The van der Waals surface area contributed by atoms with Crippen LogP contribution in [0.25, 0.3) is 0 Å². The van der Waals surface area contributed by atoms with Gasteiger partial charge in [0, 0.05) is 13.1 Å². The van der Waals surface area contributed by atoms with Crippen LogP contribution in [0.2, 0.25) is 0 Å². The van der Waals surface area contributed by atoms with Crippen LogP contribution in [0.4, 0.5) is 11.6 Å². The van der Waals surface area contributed by atoms with E-state index in [1.807, 2.05) is 13.8 Å². The molecule has 0 radical (unpaired) electrons. The lowest BCUT2D eigenvalue weighted by Gasteiger charge is -2.13. The van der Waals surface area contributed by atoms with Crippen LogP contribution >= 0.6 is 0 Å². The third kappa shape index (κ3) is 3.76. The number of carbonyl (C=O) groups excluding carboxylic acids is 1. The van der Waals surface area contributed by atoms with Gasteiger partial charge in [-0.25, -0.2) is 9.97 Å². The first-order valence-corrected chi connectivity index (χ1v) is 5.86. The van der Waals surface area contributed by atoms with E-state index in [2.05, 4.69) is 25.9 Å². The molecule has 100 valence electrons. The second-order valence-electron chi connectivity index (χ2n) is 3.44. The average molecular weight is 253 g/mol. The Hall–Kier alpha value is -2.05. The van der Waals surface area contributed by atoms with Crippen LogP contribution in [0.1, 0.15) is 13.8 Å². The number of likely N-dealkylation sites (N-methyl/N-ethyl adjacent to an activating group) is 1. The minimum Gasteiger partial charge on any atom is -0.490 e. The summed E-state index contributed by atoms with van der Waals surface area (Å²) in [6.07, 6.45) is 1.42. The zero-order valence-electron chi connectivity index (χ0n) is 10.9. The van der Waals surface area contributed by atoms with E-state index in [1.54, 1.807) is 0 Å². The molecular weight excluding hydrogens is 234 g/mol. The van der Waals surface area contributed by atoms with Gasteiger partial charge >= 0.3 is 0 Å². The number of hydrogen-bond acceptors (Lipinski definition) is 6. The third-order valence-electron chi connectivity index (χ3n) is 2.14. The summed E-state index contributed by atoms with van der Waals surface area (Å²) >= 11 is 0. The van der Waals surface area contributed by atoms with Gasteiger partial charge in [0.15, 0.2) is 11.6 Å². The van der Waals surface area contributed by atoms with Crippen LogP contribution in [-0.2, 0) is 4.79 Å². The van der Waals surface area contributed by atoms with E-state index < -0.39 is 0 Å². The lowest BCUT2D eigenvalue weighted by molar-refractivity contribution is -0.119. The van der Waals surface area contributed by atoms with E-state index in [1.165, 1.54) is 13.4 Å². The minimum atomic E-state index is -0.0943. The second-order valence-corrected chi connectivity index (χ2v) is 3.44. The number of nitrogens with one attached hydrogen (secondary N) is 3. The van der Waals surface area contributed by atoms with Crippen molar-refractivity contribution in [3.8, 4) is 5.75 Å². The van der Waals surface area contributed by atoms with Crippen molar-refractivity contribution in [3.63, 3.8) is 0 Å². The van der Waals surface area contributed by atoms with Crippen molar-refractivity contribution in [1.82, 2.24) is 15.3 Å². The SMILES string of the molecule is CCNC(=O)CNc1ncnc(NCC)c1OC. The molecule has 0 aliphatic carbocycles. The summed E-state index contributed by atoms with van der Waals surface area (Å²) in [5, 5.41) is 8.67. The molecule has 0 bridgehead atoms. The number of aromatic nitrogens is 2. The summed E-state index contributed by atoms with van der Waals surface area (Å²) in [4.78, 5) is 19.5. The van der Waals surface area contributed by atoms with Gasteiger partial charge in [-0.1, -0.05) is 0 Å². The van der Waals surface area contributed by atoms with Crippen molar-refractivity contribution < 1.29 is 9.53 Å². The fraction of sp³-hybridized carbons (Fsp3) is 0.545. The van der Waals surface area contributed by atoms with Crippen LogP contribution in [0, 0.1) is 0 Å². The Morgan fingerprint density at radius 1 is 1.22 bits per heavy atom. The van der Waals surface area contributed by atoms with Gasteiger partial charge in [0.2, 0.25) is 11.7 Å². The highest BCUT2D eigenvalue weighted by Gasteiger charge is 2.11. The Bertz CT molecular complexity index is 397. The van der Waals surface area contributed by atoms with Gasteiger partial charge in [-0.2, -0.15) is 0 Å². The van der Waals surface area contributed by atoms with Crippen molar-refractivity contribution in [2.24, 2.45) is 0 Å². The lowest BCUT2D eigenvalue weighted by Crippen LogP contribution is -2.29. The zero-order valence-corrected chi connectivity index (χ0v) is 10.9. The first kappa shape index (κ1) is 14.0. The van der Waals surface area contributed by atoms with E-state index in [0.717, 1.165) is 6.54 Å². The van der Waals surface area contributed by atoms with Crippen molar-refractivity contribution >= 4 is 17.5 Å². The predicted molar refractivity (Wildman–Crippen MR) is 69.9 cm³/mol. The second kappa shape index (κ2) is 7.31. The molecule has 1 rings (SSSR count). The summed E-state index contributed by atoms with van der Waals surface area (Å²) < 4.78 is 5.24. The van der Waals surface area contributed by atoms with Crippen LogP contribution in [-0.4, -0.2) is 42.6 Å². The maximum Gasteiger partial charge on any atom is 0.239 e. The first-order chi connectivity index (χ1) is 8.72. The molecule has 0 unspecified atom stereocenters. The van der Waals surface area contributed by atoms with Crippen LogP contribution in [0.15, 0.2) is 6.33 Å². The number of rotatable bonds is 7. The molecule has 1 amide bonds. The Kier molecular flexibility index (Phi) is 5.69. The molecule has 1 heterocycles. The third-order valence-corrected chi connectivity index (χ3v) is 2.14. The molecule has 3 N–H and O–H groups in total. The summed E-state index contributed by atoms with van der Waals surface area (Å²) in [6, 6.07) is 0. The van der Waals surface area contributed by atoms with Gasteiger partial charge in [0.1, 0.15) is 6.33 Å². The largest absolute Gasteiger partial charge is 0.490 e. The average Bonchev–Trinajstić information content (AvgIpc) is 2.37. The number of nitrogens with zero attached hydrogens (tertiary/aromatic N) is 2. The first-order valence-electron chi connectivity index (χ1n) is 5.86. The van der Waals surface area contributed by atoms with Gasteiger partial charge in [-0.15, -0.1) is 0 Å². The number of anilines is 2. The van der Waals surface area contributed by atoms with Crippen molar-refractivity contribution in [1.29, 1.82) is 0 Å². The highest BCUT2D eigenvalue weighted by molar-refractivity contribution is 5.81. The topological polar surface area (TPSA) is 88.2 Å². The Morgan fingerprint density at radius 2 is 1.89 bits per heavy atom. The fourth-order valence-electron chi connectivity index (χ4n) is 1.41. The Morgan fingerprint density at radius 3 is 2.44 bits per heavy atom. The smallest absolute Gasteiger partial charge is 0.239 e. The molecule has 0 fully saturated rings. The molecule has 0 aliphatic heterocycles. The Labute approximate surface area is 106 Å². The van der Waals surface area contributed by atoms with E-state index in [-0.39, 0.29) is 12.5 Å². The molecule has 0 aliphatic rings. The maximum atomic E-state index is 11.4. The predicted octanol–water partition coefficient (Wildman–Crippen LogP) is 0.465. The van der Waals surface area contributed by atoms with E-state index in [9.17, 15) is 4.79 Å². The van der Waals surface area contributed by atoms with Gasteiger partial charge in [-0.05, 0) is 13.8 Å². The molecule has 0 aromatic carbocycles. The van der Waals surface area contributed by atoms with Crippen molar-refractivity contribution in [2.45, 2.75) is 13.8 Å². The summed E-state index contributed by atoms with van der Waals surface area (Å²) in [5.41, 5.74) is 0. The van der Waals surface area contributed by atoms with Crippen LogP contribution < -0.4 is 20.7 Å². The molecule has 1 aromatic heterocycles. The molecule has 7 heteroatoms. The summed E-state index contributed by atoms with van der Waals surface area (Å²) in [5.74, 6) is 1.51. The molecule has 1 aromatic rings. The van der Waals surface area contributed by atoms with Gasteiger partial charge in [0.25, 0.3) is 0 Å². The zero-order chi connectivity index (χ0) is 13.4. The summed E-state index contributed by atoms with van der Waals surface area (Å²) in [7, 11) is 1.54.